The van der Waals surface area contributed by atoms with E-state index in [1.807, 2.05) is 6.07 Å². The third kappa shape index (κ3) is 4.12. The predicted molar refractivity (Wildman–Crippen MR) is 69.9 cm³/mol. The van der Waals surface area contributed by atoms with Crippen molar-refractivity contribution >= 4 is 11.8 Å². The molecule has 0 aromatic carbocycles. The van der Waals surface area contributed by atoms with Crippen LogP contribution in [0.2, 0.25) is 0 Å². The lowest BCUT2D eigenvalue weighted by Crippen LogP contribution is -2.34. The Kier molecular flexibility index (Phi) is 5.16. The first-order valence-corrected chi connectivity index (χ1v) is 6.38. The second kappa shape index (κ2) is 7.13. The quantitative estimate of drug-likeness (QED) is 0.791. The Bertz CT molecular complexity index is 356. The highest BCUT2D eigenvalue weighted by molar-refractivity contribution is 5.39. The van der Waals surface area contributed by atoms with E-state index in [0.29, 0.717) is 32.3 Å². The van der Waals surface area contributed by atoms with Gasteiger partial charge in [0, 0.05) is 19.3 Å². The molecule has 1 atom stereocenters. The van der Waals surface area contributed by atoms with Gasteiger partial charge in [-0.05, 0) is 12.5 Å². The Morgan fingerprint density at radius 1 is 1.39 bits per heavy atom. The van der Waals surface area contributed by atoms with Crippen LogP contribution in [0.4, 0.5) is 11.8 Å². The van der Waals surface area contributed by atoms with Gasteiger partial charge in [0.25, 0.3) is 0 Å². The van der Waals surface area contributed by atoms with E-state index in [-0.39, 0.29) is 6.10 Å². The van der Waals surface area contributed by atoms with Gasteiger partial charge in [-0.15, -0.1) is 0 Å². The van der Waals surface area contributed by atoms with E-state index in [0.717, 1.165) is 18.8 Å². The van der Waals surface area contributed by atoms with Crippen molar-refractivity contribution in [3.63, 3.8) is 0 Å². The van der Waals surface area contributed by atoms with Crippen LogP contribution >= 0.6 is 0 Å². The van der Waals surface area contributed by atoms with Crippen LogP contribution in [0.1, 0.15) is 13.3 Å². The summed E-state index contributed by atoms with van der Waals surface area (Å²) in [4.78, 5) is 8.52. The summed E-state index contributed by atoms with van der Waals surface area (Å²) >= 11 is 0. The maximum atomic E-state index is 5.55. The van der Waals surface area contributed by atoms with Crippen molar-refractivity contribution in [1.29, 1.82) is 0 Å². The molecule has 6 heteroatoms. The van der Waals surface area contributed by atoms with Gasteiger partial charge in [0.2, 0.25) is 5.95 Å². The molecule has 0 amide bonds. The SMILES string of the molecule is CCCNc1nccc(NCC2COCCO2)n1. The predicted octanol–water partition coefficient (Wildman–Crippen LogP) is 1.13. The lowest BCUT2D eigenvalue weighted by molar-refractivity contribution is -0.0819. The Morgan fingerprint density at radius 3 is 3.11 bits per heavy atom. The van der Waals surface area contributed by atoms with Gasteiger partial charge in [-0.25, -0.2) is 4.98 Å². The van der Waals surface area contributed by atoms with Crippen molar-refractivity contribution in [3.8, 4) is 0 Å². The van der Waals surface area contributed by atoms with Gasteiger partial charge in [0.1, 0.15) is 5.82 Å². The molecule has 1 fully saturated rings. The molecule has 100 valence electrons. The summed E-state index contributed by atoms with van der Waals surface area (Å²) in [6.45, 7) is 5.68. The molecule has 0 spiro atoms. The molecule has 0 radical (unpaired) electrons. The van der Waals surface area contributed by atoms with Crippen LogP contribution in [0.25, 0.3) is 0 Å². The van der Waals surface area contributed by atoms with Crippen molar-refractivity contribution in [1.82, 2.24) is 9.97 Å². The first-order valence-electron chi connectivity index (χ1n) is 6.38. The fraction of sp³-hybridized carbons (Fsp3) is 0.667. The average Bonchev–Trinajstić information content (AvgIpc) is 2.44. The van der Waals surface area contributed by atoms with Gasteiger partial charge in [0.05, 0.1) is 25.9 Å². The van der Waals surface area contributed by atoms with E-state index in [9.17, 15) is 0 Å². The van der Waals surface area contributed by atoms with Crippen LogP contribution in [-0.4, -0.2) is 49.0 Å². The fourth-order valence-electron chi connectivity index (χ4n) is 1.65. The van der Waals surface area contributed by atoms with Gasteiger partial charge in [-0.1, -0.05) is 6.92 Å². The molecular formula is C12H20N4O2. The highest BCUT2D eigenvalue weighted by Crippen LogP contribution is 2.07. The number of hydrogen-bond acceptors (Lipinski definition) is 6. The normalized spacial score (nSPS) is 19.5. The zero-order valence-corrected chi connectivity index (χ0v) is 10.7. The third-order valence-corrected chi connectivity index (χ3v) is 2.58. The topological polar surface area (TPSA) is 68.3 Å². The zero-order chi connectivity index (χ0) is 12.6. The van der Waals surface area contributed by atoms with Gasteiger partial charge >= 0.3 is 0 Å². The summed E-state index contributed by atoms with van der Waals surface area (Å²) in [6, 6.07) is 1.85. The largest absolute Gasteiger partial charge is 0.376 e. The maximum absolute atomic E-state index is 5.55. The van der Waals surface area contributed by atoms with E-state index in [2.05, 4.69) is 27.5 Å². The van der Waals surface area contributed by atoms with Crippen LogP contribution in [-0.2, 0) is 9.47 Å². The van der Waals surface area contributed by atoms with E-state index in [1.165, 1.54) is 0 Å². The summed E-state index contributed by atoms with van der Waals surface area (Å²) in [6.07, 6.45) is 2.89. The smallest absolute Gasteiger partial charge is 0.224 e. The van der Waals surface area contributed by atoms with Crippen molar-refractivity contribution in [3.05, 3.63) is 12.3 Å². The summed E-state index contributed by atoms with van der Waals surface area (Å²) in [5.74, 6) is 1.46. The number of ether oxygens (including phenoxy) is 2. The molecule has 0 saturated carbocycles. The molecule has 0 aliphatic carbocycles. The van der Waals surface area contributed by atoms with Gasteiger partial charge in [-0.2, -0.15) is 4.98 Å². The molecule has 6 nitrogen and oxygen atoms in total. The zero-order valence-electron chi connectivity index (χ0n) is 10.7. The molecular weight excluding hydrogens is 232 g/mol. The molecule has 0 bridgehead atoms. The molecule has 18 heavy (non-hydrogen) atoms. The monoisotopic (exact) mass is 252 g/mol. The molecule has 1 unspecified atom stereocenters. The molecule has 2 N–H and O–H groups in total. The number of anilines is 2. The minimum atomic E-state index is 0.0979. The van der Waals surface area contributed by atoms with E-state index in [1.54, 1.807) is 6.20 Å². The van der Waals surface area contributed by atoms with Crippen LogP contribution in [0, 0.1) is 0 Å². The summed E-state index contributed by atoms with van der Waals surface area (Å²) in [5.41, 5.74) is 0. The van der Waals surface area contributed by atoms with Gasteiger partial charge in [0.15, 0.2) is 0 Å². The standard InChI is InChI=1S/C12H20N4O2/c1-2-4-13-12-14-5-3-11(16-12)15-8-10-9-17-6-7-18-10/h3,5,10H,2,4,6-9H2,1H3,(H2,13,14,15,16). The summed E-state index contributed by atoms with van der Waals surface area (Å²) < 4.78 is 10.9. The second-order valence-electron chi connectivity index (χ2n) is 4.14. The Morgan fingerprint density at radius 2 is 2.33 bits per heavy atom. The van der Waals surface area contributed by atoms with E-state index >= 15 is 0 Å². The second-order valence-corrected chi connectivity index (χ2v) is 4.14. The molecule has 1 aliphatic heterocycles. The van der Waals surface area contributed by atoms with Crippen LogP contribution in [0.5, 0.6) is 0 Å². The van der Waals surface area contributed by atoms with Crippen molar-refractivity contribution in [2.75, 3.05) is 43.5 Å². The lowest BCUT2D eigenvalue weighted by atomic mass is 10.3. The number of rotatable bonds is 6. The molecule has 1 aliphatic rings. The van der Waals surface area contributed by atoms with Crippen LogP contribution in [0.15, 0.2) is 12.3 Å². The molecule has 2 rings (SSSR count). The van der Waals surface area contributed by atoms with Crippen LogP contribution < -0.4 is 10.6 Å². The minimum Gasteiger partial charge on any atom is -0.376 e. The van der Waals surface area contributed by atoms with Crippen molar-refractivity contribution < 1.29 is 9.47 Å². The molecule has 2 heterocycles. The molecule has 1 aromatic rings. The number of aromatic nitrogens is 2. The van der Waals surface area contributed by atoms with Crippen molar-refractivity contribution in [2.24, 2.45) is 0 Å². The summed E-state index contributed by atoms with van der Waals surface area (Å²) in [7, 11) is 0. The first-order chi connectivity index (χ1) is 8.88. The highest BCUT2D eigenvalue weighted by atomic mass is 16.6. The number of nitrogens with one attached hydrogen (secondary N) is 2. The highest BCUT2D eigenvalue weighted by Gasteiger charge is 2.13. The maximum Gasteiger partial charge on any atom is 0.224 e. The Balaban J connectivity index is 1.80. The Labute approximate surface area is 107 Å². The lowest BCUT2D eigenvalue weighted by Gasteiger charge is -2.23. The van der Waals surface area contributed by atoms with Crippen LogP contribution in [0.3, 0.4) is 0 Å². The molecule has 1 aromatic heterocycles. The van der Waals surface area contributed by atoms with E-state index < -0.39 is 0 Å². The third-order valence-electron chi connectivity index (χ3n) is 2.58. The average molecular weight is 252 g/mol. The van der Waals surface area contributed by atoms with E-state index in [4.69, 9.17) is 9.47 Å². The van der Waals surface area contributed by atoms with Gasteiger partial charge in [-0.3, -0.25) is 0 Å². The Hall–Kier alpha value is -1.40. The first kappa shape index (κ1) is 13.0. The fourth-order valence-corrected chi connectivity index (χ4v) is 1.65. The summed E-state index contributed by atoms with van der Waals surface area (Å²) in [5, 5.41) is 6.39. The number of hydrogen-bond donors (Lipinski definition) is 2. The van der Waals surface area contributed by atoms with Crippen molar-refractivity contribution in [2.45, 2.75) is 19.4 Å². The minimum absolute atomic E-state index is 0.0979. The number of nitrogens with zero attached hydrogens (tertiary/aromatic N) is 2. The molecule has 1 saturated heterocycles. The van der Waals surface area contributed by atoms with Gasteiger partial charge < -0.3 is 20.1 Å².